The Morgan fingerprint density at radius 3 is 2.49 bits per heavy atom. The highest BCUT2D eigenvalue weighted by atomic mass is 16.5. The predicted octanol–water partition coefficient (Wildman–Crippen LogP) is 4.56. The van der Waals surface area contributed by atoms with E-state index in [1.54, 1.807) is 25.3 Å². The molecule has 4 aromatic rings. The van der Waals surface area contributed by atoms with Crippen LogP contribution < -0.4 is 25.0 Å². The van der Waals surface area contributed by atoms with Gasteiger partial charge in [0.2, 0.25) is 17.8 Å². The summed E-state index contributed by atoms with van der Waals surface area (Å²) in [5, 5.41) is 15.8. The molecule has 0 radical (unpaired) electrons. The molecule has 1 aliphatic rings. The van der Waals surface area contributed by atoms with Gasteiger partial charge in [0.1, 0.15) is 11.5 Å². The van der Waals surface area contributed by atoms with Crippen LogP contribution in [0.5, 0.6) is 17.2 Å². The number of aromatic nitrogens is 3. The Balaban J connectivity index is 1.39. The first-order valence-electron chi connectivity index (χ1n) is 12.4. The number of benzene rings is 3. The number of carboxylic acids is 1. The number of carboxylic acid groups (broad SMARTS) is 1. The van der Waals surface area contributed by atoms with Gasteiger partial charge >= 0.3 is 5.97 Å². The molecule has 0 aliphatic carbocycles. The number of nitrogens with one attached hydrogen (secondary N) is 2. The van der Waals surface area contributed by atoms with E-state index < -0.39 is 5.97 Å². The summed E-state index contributed by atoms with van der Waals surface area (Å²) in [6, 6.07) is 21.4. The molecule has 1 aromatic heterocycles. The maximum Gasteiger partial charge on any atom is 0.335 e. The lowest BCUT2D eigenvalue weighted by Crippen LogP contribution is -2.37. The van der Waals surface area contributed by atoms with Crippen molar-refractivity contribution in [3.8, 4) is 17.2 Å². The van der Waals surface area contributed by atoms with Crippen LogP contribution in [0.2, 0.25) is 0 Å². The maximum absolute atomic E-state index is 11.4. The summed E-state index contributed by atoms with van der Waals surface area (Å²) in [6.07, 6.45) is 0. The number of para-hydroxylation sites is 2. The van der Waals surface area contributed by atoms with E-state index >= 15 is 0 Å². The van der Waals surface area contributed by atoms with Gasteiger partial charge in [-0.1, -0.05) is 30.3 Å². The molecule has 5 rings (SSSR count). The monoisotopic (exact) mass is 528 g/mol. The molecule has 11 heteroatoms. The number of hydrogen-bond donors (Lipinski definition) is 3. The third-order valence-corrected chi connectivity index (χ3v) is 5.97. The van der Waals surface area contributed by atoms with Gasteiger partial charge in [-0.25, -0.2) is 4.79 Å². The number of morpholine rings is 1. The van der Waals surface area contributed by atoms with Crippen molar-refractivity contribution in [3.63, 3.8) is 0 Å². The van der Waals surface area contributed by atoms with Crippen molar-refractivity contribution < 1.29 is 24.1 Å². The highest BCUT2D eigenvalue weighted by Crippen LogP contribution is 2.32. The number of rotatable bonds is 10. The number of nitrogens with zero attached hydrogens (tertiary/aromatic N) is 4. The van der Waals surface area contributed by atoms with Crippen LogP contribution in [-0.4, -0.2) is 59.4 Å². The van der Waals surface area contributed by atoms with Crippen LogP contribution in [0.4, 0.5) is 23.5 Å². The number of carbonyl (C=O) groups is 1. The van der Waals surface area contributed by atoms with Gasteiger partial charge in [0.15, 0.2) is 5.75 Å². The second-order valence-electron chi connectivity index (χ2n) is 8.64. The van der Waals surface area contributed by atoms with E-state index in [0.29, 0.717) is 67.9 Å². The summed E-state index contributed by atoms with van der Waals surface area (Å²) >= 11 is 0. The SMILES string of the molecule is COc1ccc(CNc2nc(Nc3ccccc3Oc3cccc(C(=O)O)c3)nc(N3CCOCC3)n2)cc1. The van der Waals surface area contributed by atoms with E-state index in [9.17, 15) is 9.90 Å². The van der Waals surface area contributed by atoms with Crippen LogP contribution in [0.25, 0.3) is 0 Å². The third-order valence-electron chi connectivity index (χ3n) is 5.97. The molecule has 3 aromatic carbocycles. The van der Waals surface area contributed by atoms with E-state index in [-0.39, 0.29) is 5.56 Å². The summed E-state index contributed by atoms with van der Waals surface area (Å²) in [4.78, 5) is 27.3. The second kappa shape index (κ2) is 12.1. The molecule has 0 atom stereocenters. The Labute approximate surface area is 225 Å². The van der Waals surface area contributed by atoms with E-state index in [4.69, 9.17) is 14.2 Å². The van der Waals surface area contributed by atoms with E-state index in [1.165, 1.54) is 12.1 Å². The average Bonchev–Trinajstić information content (AvgIpc) is 2.98. The highest BCUT2D eigenvalue weighted by molar-refractivity contribution is 5.88. The first kappa shape index (κ1) is 25.7. The van der Waals surface area contributed by atoms with Gasteiger partial charge in [-0.05, 0) is 48.0 Å². The Kier molecular flexibility index (Phi) is 7.98. The van der Waals surface area contributed by atoms with Crippen LogP contribution >= 0.6 is 0 Å². The fraction of sp³-hybridized carbons (Fsp3) is 0.214. The quantitative estimate of drug-likeness (QED) is 0.268. The van der Waals surface area contributed by atoms with Crippen molar-refractivity contribution in [1.29, 1.82) is 0 Å². The average molecular weight is 529 g/mol. The molecule has 0 amide bonds. The van der Waals surface area contributed by atoms with Crippen molar-refractivity contribution in [1.82, 2.24) is 15.0 Å². The van der Waals surface area contributed by atoms with Crippen molar-refractivity contribution in [2.45, 2.75) is 6.54 Å². The first-order valence-corrected chi connectivity index (χ1v) is 12.4. The van der Waals surface area contributed by atoms with Gasteiger partial charge in [-0.3, -0.25) is 0 Å². The summed E-state index contributed by atoms with van der Waals surface area (Å²) in [5.74, 6) is 1.92. The molecule has 0 saturated carbocycles. The van der Waals surface area contributed by atoms with Gasteiger partial charge < -0.3 is 34.9 Å². The maximum atomic E-state index is 11.4. The zero-order chi connectivity index (χ0) is 27.0. The van der Waals surface area contributed by atoms with Crippen molar-refractivity contribution in [3.05, 3.63) is 83.9 Å². The van der Waals surface area contributed by atoms with Gasteiger partial charge in [0.05, 0.1) is 31.6 Å². The molecule has 1 fully saturated rings. The van der Waals surface area contributed by atoms with E-state index in [0.717, 1.165) is 11.3 Å². The molecule has 3 N–H and O–H groups in total. The molecular weight excluding hydrogens is 500 g/mol. The zero-order valence-electron chi connectivity index (χ0n) is 21.3. The Bertz CT molecular complexity index is 1430. The topological polar surface area (TPSA) is 131 Å². The molecule has 0 unspecified atom stereocenters. The fourth-order valence-electron chi connectivity index (χ4n) is 3.93. The van der Waals surface area contributed by atoms with Gasteiger partial charge in [0, 0.05) is 19.6 Å². The molecule has 1 aliphatic heterocycles. The third kappa shape index (κ3) is 6.70. The molecule has 39 heavy (non-hydrogen) atoms. The predicted molar refractivity (Wildman–Crippen MR) is 146 cm³/mol. The highest BCUT2D eigenvalue weighted by Gasteiger charge is 2.18. The van der Waals surface area contributed by atoms with E-state index in [1.807, 2.05) is 42.5 Å². The molecule has 2 heterocycles. The molecule has 0 bridgehead atoms. The number of methoxy groups -OCH3 is 1. The lowest BCUT2D eigenvalue weighted by atomic mass is 10.2. The number of aromatic carboxylic acids is 1. The van der Waals surface area contributed by atoms with Crippen molar-refractivity contribution in [2.75, 3.05) is 48.9 Å². The minimum absolute atomic E-state index is 0.137. The Hall–Kier alpha value is -4.90. The normalized spacial score (nSPS) is 13.0. The van der Waals surface area contributed by atoms with Gasteiger partial charge in [-0.2, -0.15) is 15.0 Å². The Morgan fingerprint density at radius 1 is 0.949 bits per heavy atom. The van der Waals surface area contributed by atoms with Crippen LogP contribution in [0.15, 0.2) is 72.8 Å². The van der Waals surface area contributed by atoms with Crippen LogP contribution in [0.3, 0.4) is 0 Å². The summed E-state index contributed by atoms with van der Waals surface area (Å²) < 4.78 is 16.8. The lowest BCUT2D eigenvalue weighted by molar-refractivity contribution is 0.0696. The van der Waals surface area contributed by atoms with Crippen molar-refractivity contribution >= 4 is 29.5 Å². The van der Waals surface area contributed by atoms with Crippen molar-refractivity contribution in [2.24, 2.45) is 0 Å². The molecule has 1 saturated heterocycles. The number of ether oxygens (including phenoxy) is 3. The minimum Gasteiger partial charge on any atom is -0.497 e. The lowest BCUT2D eigenvalue weighted by Gasteiger charge is -2.27. The molecule has 200 valence electrons. The van der Waals surface area contributed by atoms with Crippen LogP contribution in [0, 0.1) is 0 Å². The van der Waals surface area contributed by atoms with Crippen LogP contribution in [0.1, 0.15) is 15.9 Å². The minimum atomic E-state index is -1.03. The second-order valence-corrected chi connectivity index (χ2v) is 8.64. The number of hydrogen-bond acceptors (Lipinski definition) is 10. The van der Waals surface area contributed by atoms with Crippen LogP contribution in [-0.2, 0) is 11.3 Å². The smallest absolute Gasteiger partial charge is 0.335 e. The van der Waals surface area contributed by atoms with Gasteiger partial charge in [-0.15, -0.1) is 0 Å². The Morgan fingerprint density at radius 2 is 1.72 bits per heavy atom. The first-order chi connectivity index (χ1) is 19.1. The summed E-state index contributed by atoms with van der Waals surface area (Å²) in [5.41, 5.74) is 1.79. The standard InChI is InChI=1S/C28H28N6O5/c1-37-21-11-9-19(10-12-21)18-29-26-31-27(33-28(32-26)34-13-15-38-16-14-34)30-23-7-2-3-8-24(23)39-22-6-4-5-20(17-22)25(35)36/h2-12,17H,13-16,18H2,1H3,(H,35,36)(H2,29,30,31,32,33). The molecule has 11 nitrogen and oxygen atoms in total. The van der Waals surface area contributed by atoms with Gasteiger partial charge in [0.25, 0.3) is 0 Å². The fourth-order valence-corrected chi connectivity index (χ4v) is 3.93. The largest absolute Gasteiger partial charge is 0.497 e. The molecule has 0 spiro atoms. The summed E-state index contributed by atoms with van der Waals surface area (Å²) in [6.45, 7) is 3.03. The number of anilines is 4. The molecular formula is C28H28N6O5. The zero-order valence-corrected chi connectivity index (χ0v) is 21.3. The van der Waals surface area contributed by atoms with E-state index in [2.05, 4.69) is 30.5 Å². The summed E-state index contributed by atoms with van der Waals surface area (Å²) in [7, 11) is 1.64.